The summed E-state index contributed by atoms with van der Waals surface area (Å²) in [5.74, 6) is -0.287. The minimum atomic E-state index is -1.06. The third-order valence-corrected chi connectivity index (χ3v) is 3.53. The molecular formula is C14H22O5. The van der Waals surface area contributed by atoms with Crippen LogP contribution in [0.25, 0.3) is 0 Å². The minimum absolute atomic E-state index is 0.178. The molecule has 108 valence electrons. The second-order valence-corrected chi connectivity index (χ2v) is 6.32. The van der Waals surface area contributed by atoms with Crippen molar-refractivity contribution in [2.75, 3.05) is 13.2 Å². The van der Waals surface area contributed by atoms with Gasteiger partial charge in [-0.25, -0.2) is 0 Å². The number of fused-ring (bicyclic) bond motifs is 1. The lowest BCUT2D eigenvalue weighted by Crippen LogP contribution is -2.43. The average Bonchev–Trinajstić information content (AvgIpc) is 2.82. The van der Waals surface area contributed by atoms with Gasteiger partial charge in [0.15, 0.2) is 6.10 Å². The van der Waals surface area contributed by atoms with Gasteiger partial charge in [0.25, 0.3) is 0 Å². The molecule has 19 heavy (non-hydrogen) atoms. The van der Waals surface area contributed by atoms with Gasteiger partial charge in [-0.05, 0) is 27.2 Å². The SMILES string of the molecule is C=CC[C@]1(O)CO[C@@H]2[C@H](OC(=O)C(C)(C)C)CO[C@@H]21. The van der Waals surface area contributed by atoms with Gasteiger partial charge in [0.2, 0.25) is 0 Å². The van der Waals surface area contributed by atoms with E-state index in [0.717, 1.165) is 0 Å². The molecule has 2 aliphatic rings. The van der Waals surface area contributed by atoms with E-state index in [1.54, 1.807) is 26.8 Å². The summed E-state index contributed by atoms with van der Waals surface area (Å²) in [5, 5.41) is 10.4. The van der Waals surface area contributed by atoms with Gasteiger partial charge in [-0.2, -0.15) is 0 Å². The fourth-order valence-corrected chi connectivity index (χ4v) is 2.40. The van der Waals surface area contributed by atoms with Gasteiger partial charge in [-0.15, -0.1) is 6.58 Å². The molecule has 0 saturated carbocycles. The highest BCUT2D eigenvalue weighted by molar-refractivity contribution is 5.75. The number of rotatable bonds is 3. The summed E-state index contributed by atoms with van der Waals surface area (Å²) >= 11 is 0. The Morgan fingerprint density at radius 2 is 2.21 bits per heavy atom. The number of hydrogen-bond donors (Lipinski definition) is 1. The summed E-state index contributed by atoms with van der Waals surface area (Å²) in [6.45, 7) is 9.46. The van der Waals surface area contributed by atoms with E-state index in [0.29, 0.717) is 6.42 Å². The summed E-state index contributed by atoms with van der Waals surface area (Å²) in [4.78, 5) is 11.9. The molecule has 2 fully saturated rings. The number of aliphatic hydroxyl groups is 1. The Morgan fingerprint density at radius 3 is 2.79 bits per heavy atom. The first-order valence-electron chi connectivity index (χ1n) is 6.55. The Kier molecular flexibility index (Phi) is 3.73. The summed E-state index contributed by atoms with van der Waals surface area (Å²) in [5.41, 5.74) is -1.62. The molecule has 0 radical (unpaired) electrons. The number of hydrogen-bond acceptors (Lipinski definition) is 5. The topological polar surface area (TPSA) is 65.0 Å². The van der Waals surface area contributed by atoms with Crippen molar-refractivity contribution in [3.63, 3.8) is 0 Å². The standard InChI is InChI=1S/C14H22O5/c1-5-6-14(16)8-18-10-9(7-17-11(10)14)19-12(15)13(2,3)4/h5,9-11,16H,1,6-8H2,2-4H3/t9-,10-,11+,14+/m1/s1. The third kappa shape index (κ3) is 2.68. The number of carbonyl (C=O) groups excluding carboxylic acids is 1. The highest BCUT2D eigenvalue weighted by Gasteiger charge is 2.56. The maximum Gasteiger partial charge on any atom is 0.311 e. The number of esters is 1. The molecule has 2 rings (SSSR count). The Balaban J connectivity index is 2.02. The van der Waals surface area contributed by atoms with Crippen molar-refractivity contribution in [2.45, 2.75) is 51.1 Å². The van der Waals surface area contributed by atoms with Crippen molar-refractivity contribution in [1.82, 2.24) is 0 Å². The van der Waals surface area contributed by atoms with Crippen LogP contribution in [0.5, 0.6) is 0 Å². The van der Waals surface area contributed by atoms with E-state index in [9.17, 15) is 9.90 Å². The maximum atomic E-state index is 11.9. The van der Waals surface area contributed by atoms with Crippen LogP contribution in [0.15, 0.2) is 12.7 Å². The zero-order valence-electron chi connectivity index (χ0n) is 11.7. The van der Waals surface area contributed by atoms with Crippen LogP contribution in [-0.4, -0.2) is 48.2 Å². The highest BCUT2D eigenvalue weighted by atomic mass is 16.6. The first-order valence-corrected chi connectivity index (χ1v) is 6.55. The van der Waals surface area contributed by atoms with Gasteiger partial charge in [-0.3, -0.25) is 4.79 Å². The molecule has 0 aromatic rings. The quantitative estimate of drug-likeness (QED) is 0.613. The molecule has 1 N–H and O–H groups in total. The van der Waals surface area contributed by atoms with Crippen LogP contribution in [0.4, 0.5) is 0 Å². The molecule has 5 nitrogen and oxygen atoms in total. The second kappa shape index (κ2) is 4.89. The van der Waals surface area contributed by atoms with Gasteiger partial charge in [-0.1, -0.05) is 6.08 Å². The monoisotopic (exact) mass is 270 g/mol. The summed E-state index contributed by atoms with van der Waals surface area (Å²) in [6.07, 6.45) is 0.743. The Labute approximate surface area is 113 Å². The molecule has 2 saturated heterocycles. The molecule has 0 unspecified atom stereocenters. The van der Waals surface area contributed by atoms with Crippen LogP contribution >= 0.6 is 0 Å². The average molecular weight is 270 g/mol. The van der Waals surface area contributed by atoms with Crippen LogP contribution in [0.3, 0.4) is 0 Å². The van der Waals surface area contributed by atoms with E-state index in [1.807, 2.05) is 0 Å². The molecule has 2 heterocycles. The van der Waals surface area contributed by atoms with Crippen LogP contribution in [-0.2, 0) is 19.0 Å². The van der Waals surface area contributed by atoms with Crippen molar-refractivity contribution in [3.05, 3.63) is 12.7 Å². The van der Waals surface area contributed by atoms with Crippen molar-refractivity contribution >= 4 is 5.97 Å². The Morgan fingerprint density at radius 1 is 1.53 bits per heavy atom. The first kappa shape index (κ1) is 14.5. The van der Waals surface area contributed by atoms with Crippen LogP contribution in [0.2, 0.25) is 0 Å². The smallest absolute Gasteiger partial charge is 0.311 e. The highest BCUT2D eigenvalue weighted by Crippen LogP contribution is 2.38. The third-order valence-electron chi connectivity index (χ3n) is 3.53. The van der Waals surface area contributed by atoms with Crippen molar-refractivity contribution in [3.8, 4) is 0 Å². The van der Waals surface area contributed by atoms with E-state index < -0.39 is 29.3 Å². The summed E-state index contributed by atoms with van der Waals surface area (Å²) in [6, 6.07) is 0. The molecule has 0 bridgehead atoms. The summed E-state index contributed by atoms with van der Waals surface area (Å²) < 4.78 is 16.6. The maximum absolute atomic E-state index is 11.9. The zero-order valence-corrected chi connectivity index (χ0v) is 11.7. The Hall–Kier alpha value is -0.910. The largest absolute Gasteiger partial charge is 0.457 e. The predicted molar refractivity (Wildman–Crippen MR) is 68.6 cm³/mol. The fraction of sp³-hybridized carbons (Fsp3) is 0.786. The molecule has 0 aliphatic carbocycles. The summed E-state index contributed by atoms with van der Waals surface area (Å²) in [7, 11) is 0. The van der Waals surface area contributed by atoms with Crippen LogP contribution in [0, 0.1) is 5.41 Å². The van der Waals surface area contributed by atoms with Gasteiger partial charge in [0, 0.05) is 0 Å². The number of carbonyl (C=O) groups is 1. The molecule has 2 aliphatic heterocycles. The van der Waals surface area contributed by atoms with Crippen LogP contribution in [0.1, 0.15) is 27.2 Å². The van der Waals surface area contributed by atoms with Crippen LogP contribution < -0.4 is 0 Å². The predicted octanol–water partition coefficient (Wildman–Crippen LogP) is 1.05. The van der Waals surface area contributed by atoms with Gasteiger partial charge < -0.3 is 19.3 Å². The van der Waals surface area contributed by atoms with Crippen molar-refractivity contribution < 1.29 is 24.1 Å². The van der Waals surface area contributed by atoms with Gasteiger partial charge >= 0.3 is 5.97 Å². The lowest BCUT2D eigenvalue weighted by Gasteiger charge is -2.25. The molecule has 0 aromatic heterocycles. The molecule has 4 atom stereocenters. The fourth-order valence-electron chi connectivity index (χ4n) is 2.40. The molecular weight excluding hydrogens is 248 g/mol. The zero-order chi connectivity index (χ0) is 14.3. The number of ether oxygens (including phenoxy) is 3. The van der Waals surface area contributed by atoms with E-state index in [-0.39, 0.29) is 19.2 Å². The normalized spacial score (nSPS) is 38.0. The minimum Gasteiger partial charge on any atom is -0.457 e. The lowest BCUT2D eigenvalue weighted by atomic mass is 9.92. The first-order chi connectivity index (χ1) is 8.78. The molecule has 0 amide bonds. The molecule has 5 heteroatoms. The Bertz CT molecular complexity index is 373. The van der Waals surface area contributed by atoms with Crippen molar-refractivity contribution in [1.29, 1.82) is 0 Å². The van der Waals surface area contributed by atoms with Gasteiger partial charge in [0.1, 0.15) is 17.8 Å². The lowest BCUT2D eigenvalue weighted by molar-refractivity contribution is -0.163. The molecule has 0 spiro atoms. The van der Waals surface area contributed by atoms with Crippen molar-refractivity contribution in [2.24, 2.45) is 5.41 Å². The van der Waals surface area contributed by atoms with E-state index in [2.05, 4.69) is 6.58 Å². The molecule has 0 aromatic carbocycles. The van der Waals surface area contributed by atoms with E-state index in [1.165, 1.54) is 0 Å². The van der Waals surface area contributed by atoms with Gasteiger partial charge in [0.05, 0.1) is 18.6 Å². The second-order valence-electron chi connectivity index (χ2n) is 6.32. The van der Waals surface area contributed by atoms with E-state index >= 15 is 0 Å². The van der Waals surface area contributed by atoms with E-state index in [4.69, 9.17) is 14.2 Å².